The number of nitriles is 1. The Labute approximate surface area is 123 Å². The van der Waals surface area contributed by atoms with Crippen molar-refractivity contribution in [2.24, 2.45) is 5.92 Å². The number of carbonyl (C=O) groups is 2. The van der Waals surface area contributed by atoms with Gasteiger partial charge in [0.05, 0.1) is 17.6 Å². The van der Waals surface area contributed by atoms with E-state index in [2.05, 4.69) is 5.32 Å². The smallest absolute Gasteiger partial charge is 0.321 e. The SMILES string of the molecule is Cc1cc(C#N)cc(NC(=O)N2CCC(C(=O)O)CC2)c1. The van der Waals surface area contributed by atoms with E-state index in [0.29, 0.717) is 37.2 Å². The third kappa shape index (κ3) is 3.72. The molecule has 21 heavy (non-hydrogen) atoms. The third-order valence-corrected chi connectivity index (χ3v) is 3.59. The lowest BCUT2D eigenvalue weighted by molar-refractivity contribution is -0.143. The average Bonchev–Trinajstić information content (AvgIpc) is 2.46. The van der Waals surface area contributed by atoms with Crippen LogP contribution in [0.3, 0.4) is 0 Å². The van der Waals surface area contributed by atoms with Crippen LogP contribution in [0, 0.1) is 24.2 Å². The van der Waals surface area contributed by atoms with Gasteiger partial charge in [-0.3, -0.25) is 4.79 Å². The standard InChI is InChI=1S/C15H17N3O3/c1-10-6-11(9-16)8-13(7-10)17-15(21)18-4-2-12(3-5-18)14(19)20/h6-8,12H,2-5H2,1H3,(H,17,21)(H,19,20). The quantitative estimate of drug-likeness (QED) is 0.872. The van der Waals surface area contributed by atoms with Gasteiger partial charge in [-0.25, -0.2) is 4.79 Å². The minimum absolute atomic E-state index is 0.256. The Morgan fingerprint density at radius 2 is 2.00 bits per heavy atom. The van der Waals surface area contributed by atoms with Crippen LogP contribution in [0.4, 0.5) is 10.5 Å². The van der Waals surface area contributed by atoms with Crippen molar-refractivity contribution in [3.05, 3.63) is 29.3 Å². The maximum atomic E-state index is 12.1. The van der Waals surface area contributed by atoms with Crippen LogP contribution in [0.2, 0.25) is 0 Å². The lowest BCUT2D eigenvalue weighted by atomic mass is 9.97. The summed E-state index contributed by atoms with van der Waals surface area (Å²) in [6.07, 6.45) is 0.944. The lowest BCUT2D eigenvalue weighted by Crippen LogP contribution is -2.42. The molecule has 6 heteroatoms. The molecule has 2 N–H and O–H groups in total. The van der Waals surface area contributed by atoms with Gasteiger partial charge < -0.3 is 15.3 Å². The largest absolute Gasteiger partial charge is 0.481 e. The molecule has 2 amide bonds. The summed E-state index contributed by atoms with van der Waals surface area (Å²) in [6, 6.07) is 6.95. The maximum Gasteiger partial charge on any atom is 0.321 e. The highest BCUT2D eigenvalue weighted by Gasteiger charge is 2.26. The Kier molecular flexibility index (Phi) is 4.43. The molecule has 1 aromatic carbocycles. The molecule has 2 rings (SSSR count). The average molecular weight is 287 g/mol. The van der Waals surface area contributed by atoms with E-state index in [0.717, 1.165) is 5.56 Å². The molecule has 1 aliphatic heterocycles. The number of anilines is 1. The number of likely N-dealkylation sites (tertiary alicyclic amines) is 1. The highest BCUT2D eigenvalue weighted by molar-refractivity contribution is 5.89. The fourth-order valence-corrected chi connectivity index (χ4v) is 2.45. The van der Waals surface area contributed by atoms with Gasteiger partial charge in [0.2, 0.25) is 0 Å². The van der Waals surface area contributed by atoms with Gasteiger partial charge in [-0.2, -0.15) is 5.26 Å². The van der Waals surface area contributed by atoms with Crippen LogP contribution < -0.4 is 5.32 Å². The second kappa shape index (κ2) is 6.27. The summed E-state index contributed by atoms with van der Waals surface area (Å²) in [4.78, 5) is 24.6. The molecular formula is C15H17N3O3. The van der Waals surface area contributed by atoms with E-state index >= 15 is 0 Å². The van der Waals surface area contributed by atoms with Crippen molar-refractivity contribution in [1.29, 1.82) is 5.26 Å². The molecular weight excluding hydrogens is 270 g/mol. The second-order valence-corrected chi connectivity index (χ2v) is 5.23. The summed E-state index contributed by atoms with van der Waals surface area (Å²) in [5.41, 5.74) is 1.97. The second-order valence-electron chi connectivity index (χ2n) is 5.23. The van der Waals surface area contributed by atoms with Crippen LogP contribution in [-0.2, 0) is 4.79 Å². The lowest BCUT2D eigenvalue weighted by Gasteiger charge is -2.30. The number of urea groups is 1. The molecule has 0 atom stereocenters. The summed E-state index contributed by atoms with van der Waals surface area (Å²) in [7, 11) is 0. The van der Waals surface area contributed by atoms with Gasteiger partial charge >= 0.3 is 12.0 Å². The zero-order chi connectivity index (χ0) is 15.4. The summed E-state index contributed by atoms with van der Waals surface area (Å²) in [5.74, 6) is -1.16. The number of nitrogens with zero attached hydrogens (tertiary/aromatic N) is 2. The summed E-state index contributed by atoms with van der Waals surface area (Å²) >= 11 is 0. The van der Waals surface area contributed by atoms with Gasteiger partial charge in [0.1, 0.15) is 0 Å². The highest BCUT2D eigenvalue weighted by atomic mass is 16.4. The molecule has 1 saturated heterocycles. The number of piperidine rings is 1. The molecule has 6 nitrogen and oxygen atoms in total. The zero-order valence-electron chi connectivity index (χ0n) is 11.8. The van der Waals surface area contributed by atoms with Gasteiger partial charge in [0, 0.05) is 18.8 Å². The van der Waals surface area contributed by atoms with E-state index in [1.54, 1.807) is 23.1 Å². The fourth-order valence-electron chi connectivity index (χ4n) is 2.45. The Balaban J connectivity index is 1.98. The fraction of sp³-hybridized carbons (Fsp3) is 0.400. The number of carboxylic acid groups (broad SMARTS) is 1. The highest BCUT2D eigenvalue weighted by Crippen LogP contribution is 2.19. The Hall–Kier alpha value is -2.55. The van der Waals surface area contributed by atoms with Crippen molar-refractivity contribution in [1.82, 2.24) is 4.90 Å². The van der Waals surface area contributed by atoms with Crippen LogP contribution in [0.1, 0.15) is 24.0 Å². The first kappa shape index (κ1) is 14.9. The topological polar surface area (TPSA) is 93.4 Å². The zero-order valence-corrected chi connectivity index (χ0v) is 11.8. The monoisotopic (exact) mass is 287 g/mol. The maximum absolute atomic E-state index is 12.1. The molecule has 0 unspecified atom stereocenters. The molecule has 0 radical (unpaired) electrons. The van der Waals surface area contributed by atoms with Crippen LogP contribution in [0.25, 0.3) is 0 Å². The first-order valence-corrected chi connectivity index (χ1v) is 6.80. The first-order chi connectivity index (χ1) is 9.99. The Morgan fingerprint density at radius 1 is 1.33 bits per heavy atom. The predicted octanol–water partition coefficient (Wildman–Crippen LogP) is 2.20. The van der Waals surface area contributed by atoms with Crippen molar-refractivity contribution in [2.45, 2.75) is 19.8 Å². The molecule has 1 aromatic rings. The Morgan fingerprint density at radius 3 is 2.57 bits per heavy atom. The first-order valence-electron chi connectivity index (χ1n) is 6.80. The molecule has 0 bridgehead atoms. The minimum Gasteiger partial charge on any atom is -0.481 e. The number of carbonyl (C=O) groups excluding carboxylic acids is 1. The number of aliphatic carboxylic acids is 1. The third-order valence-electron chi connectivity index (χ3n) is 3.59. The van der Waals surface area contributed by atoms with Crippen LogP contribution in [-0.4, -0.2) is 35.1 Å². The van der Waals surface area contributed by atoms with Crippen LogP contribution in [0.15, 0.2) is 18.2 Å². The van der Waals surface area contributed by atoms with Crippen molar-refractivity contribution >= 4 is 17.7 Å². The normalized spacial score (nSPS) is 15.3. The number of amides is 2. The molecule has 0 spiro atoms. The molecule has 110 valence electrons. The van der Waals surface area contributed by atoms with Gasteiger partial charge in [-0.15, -0.1) is 0 Å². The van der Waals surface area contributed by atoms with Crippen molar-refractivity contribution < 1.29 is 14.7 Å². The molecule has 1 aliphatic rings. The number of rotatable bonds is 2. The predicted molar refractivity (Wildman–Crippen MR) is 76.8 cm³/mol. The molecule has 0 aliphatic carbocycles. The van der Waals surface area contributed by atoms with E-state index in [4.69, 9.17) is 10.4 Å². The van der Waals surface area contributed by atoms with E-state index in [-0.39, 0.29) is 11.9 Å². The molecule has 0 aromatic heterocycles. The molecule has 1 heterocycles. The van der Waals surface area contributed by atoms with Gasteiger partial charge in [0.15, 0.2) is 0 Å². The van der Waals surface area contributed by atoms with Gasteiger partial charge in [0.25, 0.3) is 0 Å². The summed E-state index contributed by atoms with van der Waals surface area (Å²) in [6.45, 7) is 2.72. The van der Waals surface area contributed by atoms with Gasteiger partial charge in [-0.05, 0) is 43.5 Å². The Bertz CT molecular complexity index is 599. The summed E-state index contributed by atoms with van der Waals surface area (Å²) < 4.78 is 0. The number of aryl methyl sites for hydroxylation is 1. The van der Waals surface area contributed by atoms with Crippen LogP contribution >= 0.6 is 0 Å². The van der Waals surface area contributed by atoms with E-state index in [9.17, 15) is 9.59 Å². The van der Waals surface area contributed by atoms with Crippen molar-refractivity contribution in [2.75, 3.05) is 18.4 Å². The minimum atomic E-state index is -0.799. The number of carboxylic acids is 1. The molecule has 1 fully saturated rings. The van der Waals surface area contributed by atoms with Gasteiger partial charge in [-0.1, -0.05) is 0 Å². The number of nitrogens with one attached hydrogen (secondary N) is 1. The number of hydrogen-bond acceptors (Lipinski definition) is 3. The number of hydrogen-bond donors (Lipinski definition) is 2. The summed E-state index contributed by atoms with van der Waals surface area (Å²) in [5, 5.41) is 20.6. The van der Waals surface area contributed by atoms with E-state index in [1.807, 2.05) is 13.0 Å². The van der Waals surface area contributed by atoms with E-state index < -0.39 is 5.97 Å². The number of benzene rings is 1. The van der Waals surface area contributed by atoms with E-state index in [1.165, 1.54) is 0 Å². The molecule has 0 saturated carbocycles. The van der Waals surface area contributed by atoms with Crippen LogP contribution in [0.5, 0.6) is 0 Å². The van der Waals surface area contributed by atoms with Crippen molar-refractivity contribution in [3.8, 4) is 6.07 Å². The van der Waals surface area contributed by atoms with Crippen molar-refractivity contribution in [3.63, 3.8) is 0 Å².